The Kier molecular flexibility index (Phi) is 4.62. The lowest BCUT2D eigenvalue weighted by molar-refractivity contribution is -0.138. The van der Waals surface area contributed by atoms with E-state index < -0.39 is 21.9 Å². The van der Waals surface area contributed by atoms with Crippen LogP contribution in [0.25, 0.3) is 0 Å². The number of aryl methyl sites for hydroxylation is 1. The molecule has 0 heterocycles. The standard InChI is InChI=1S/C11H14N2O5S/c1-7-2-3-8(19(12,17)18)6-9(7)13-10(14)4-5-11(15)16/h2-3,6H,4-5H2,1H3,(H,13,14)(H,15,16)(H2,12,17,18). The Morgan fingerprint density at radius 3 is 2.47 bits per heavy atom. The normalized spacial score (nSPS) is 11.1. The van der Waals surface area contributed by atoms with E-state index in [-0.39, 0.29) is 17.7 Å². The van der Waals surface area contributed by atoms with E-state index in [0.717, 1.165) is 0 Å². The highest BCUT2D eigenvalue weighted by Gasteiger charge is 2.12. The number of hydrogen-bond donors (Lipinski definition) is 3. The molecule has 0 aliphatic carbocycles. The number of amides is 1. The summed E-state index contributed by atoms with van der Waals surface area (Å²) < 4.78 is 22.4. The van der Waals surface area contributed by atoms with E-state index in [0.29, 0.717) is 11.3 Å². The fourth-order valence-corrected chi connectivity index (χ4v) is 1.89. The number of benzene rings is 1. The third-order valence-corrected chi connectivity index (χ3v) is 3.29. The number of carbonyl (C=O) groups excluding carboxylic acids is 1. The van der Waals surface area contributed by atoms with E-state index in [4.69, 9.17) is 10.2 Å². The van der Waals surface area contributed by atoms with Gasteiger partial charge in [-0.05, 0) is 24.6 Å². The molecule has 7 nitrogen and oxygen atoms in total. The first-order valence-electron chi connectivity index (χ1n) is 5.35. The zero-order chi connectivity index (χ0) is 14.6. The second kappa shape index (κ2) is 5.81. The van der Waals surface area contributed by atoms with Gasteiger partial charge < -0.3 is 10.4 Å². The molecule has 0 fully saturated rings. The molecule has 0 aliphatic rings. The van der Waals surface area contributed by atoms with Crippen molar-refractivity contribution in [1.29, 1.82) is 0 Å². The molecule has 0 saturated carbocycles. The van der Waals surface area contributed by atoms with Gasteiger partial charge in [0, 0.05) is 12.1 Å². The summed E-state index contributed by atoms with van der Waals surface area (Å²) in [5, 5.41) is 15.9. The number of carbonyl (C=O) groups is 2. The summed E-state index contributed by atoms with van der Waals surface area (Å²) in [6, 6.07) is 4.08. The van der Waals surface area contributed by atoms with E-state index in [9.17, 15) is 18.0 Å². The number of nitrogens with two attached hydrogens (primary N) is 1. The van der Waals surface area contributed by atoms with Crippen LogP contribution in [0.4, 0.5) is 5.69 Å². The molecule has 4 N–H and O–H groups in total. The minimum atomic E-state index is -3.85. The molecule has 104 valence electrons. The Morgan fingerprint density at radius 1 is 1.32 bits per heavy atom. The SMILES string of the molecule is Cc1ccc(S(N)(=O)=O)cc1NC(=O)CCC(=O)O. The van der Waals surface area contributed by atoms with Gasteiger partial charge in [0.1, 0.15) is 0 Å². The van der Waals surface area contributed by atoms with Crippen LogP contribution in [0.5, 0.6) is 0 Å². The van der Waals surface area contributed by atoms with Gasteiger partial charge in [-0.3, -0.25) is 9.59 Å². The van der Waals surface area contributed by atoms with E-state index in [1.54, 1.807) is 6.92 Å². The molecule has 0 atom stereocenters. The van der Waals surface area contributed by atoms with Crippen LogP contribution in [-0.2, 0) is 19.6 Å². The first-order chi connectivity index (χ1) is 8.70. The van der Waals surface area contributed by atoms with Gasteiger partial charge in [0.05, 0.1) is 11.3 Å². The van der Waals surface area contributed by atoms with Crippen LogP contribution >= 0.6 is 0 Å². The lowest BCUT2D eigenvalue weighted by atomic mass is 10.2. The van der Waals surface area contributed by atoms with Crippen molar-refractivity contribution in [3.8, 4) is 0 Å². The van der Waals surface area contributed by atoms with Crippen molar-refractivity contribution in [2.45, 2.75) is 24.7 Å². The molecular formula is C11H14N2O5S. The van der Waals surface area contributed by atoms with Crippen molar-refractivity contribution in [3.63, 3.8) is 0 Å². The lowest BCUT2D eigenvalue weighted by Gasteiger charge is -2.09. The van der Waals surface area contributed by atoms with Crippen LogP contribution in [0.3, 0.4) is 0 Å². The first kappa shape index (κ1) is 15.1. The van der Waals surface area contributed by atoms with E-state index >= 15 is 0 Å². The van der Waals surface area contributed by atoms with Gasteiger partial charge in [0.15, 0.2) is 0 Å². The summed E-state index contributed by atoms with van der Waals surface area (Å²) in [6.07, 6.45) is -0.478. The minimum Gasteiger partial charge on any atom is -0.481 e. The van der Waals surface area contributed by atoms with Crippen molar-refractivity contribution in [3.05, 3.63) is 23.8 Å². The Balaban J connectivity index is 2.89. The Labute approximate surface area is 110 Å². The van der Waals surface area contributed by atoms with Crippen molar-refractivity contribution < 1.29 is 23.1 Å². The summed E-state index contributed by atoms with van der Waals surface area (Å²) in [4.78, 5) is 21.7. The zero-order valence-electron chi connectivity index (χ0n) is 10.2. The molecule has 0 saturated heterocycles. The molecule has 19 heavy (non-hydrogen) atoms. The maximum Gasteiger partial charge on any atom is 0.303 e. The van der Waals surface area contributed by atoms with Crippen molar-refractivity contribution in [2.24, 2.45) is 5.14 Å². The average Bonchev–Trinajstić information content (AvgIpc) is 2.28. The van der Waals surface area contributed by atoms with Crippen molar-refractivity contribution in [2.75, 3.05) is 5.32 Å². The highest BCUT2D eigenvalue weighted by molar-refractivity contribution is 7.89. The quantitative estimate of drug-likeness (QED) is 0.724. The second-order valence-electron chi connectivity index (χ2n) is 3.96. The minimum absolute atomic E-state index is 0.119. The van der Waals surface area contributed by atoms with Crippen LogP contribution < -0.4 is 10.5 Å². The number of rotatable bonds is 5. The number of sulfonamides is 1. The van der Waals surface area contributed by atoms with E-state index in [1.165, 1.54) is 18.2 Å². The number of carboxylic acid groups (broad SMARTS) is 1. The van der Waals surface area contributed by atoms with Gasteiger partial charge in [0.25, 0.3) is 0 Å². The predicted molar refractivity (Wildman–Crippen MR) is 68.1 cm³/mol. The zero-order valence-corrected chi connectivity index (χ0v) is 11.0. The smallest absolute Gasteiger partial charge is 0.303 e. The van der Waals surface area contributed by atoms with Gasteiger partial charge in [-0.15, -0.1) is 0 Å². The molecule has 8 heteroatoms. The highest BCUT2D eigenvalue weighted by Crippen LogP contribution is 2.19. The van der Waals surface area contributed by atoms with Gasteiger partial charge in [-0.25, -0.2) is 13.6 Å². The maximum absolute atomic E-state index is 11.5. The monoisotopic (exact) mass is 286 g/mol. The molecular weight excluding hydrogens is 272 g/mol. The van der Waals surface area contributed by atoms with E-state index in [1.807, 2.05) is 0 Å². The Morgan fingerprint density at radius 2 is 1.95 bits per heavy atom. The van der Waals surface area contributed by atoms with Gasteiger partial charge >= 0.3 is 5.97 Å². The van der Waals surface area contributed by atoms with Crippen LogP contribution in [0.15, 0.2) is 23.1 Å². The van der Waals surface area contributed by atoms with Crippen LogP contribution in [0.2, 0.25) is 0 Å². The lowest BCUT2D eigenvalue weighted by Crippen LogP contribution is -2.16. The summed E-state index contributed by atoms with van der Waals surface area (Å²) in [7, 11) is -3.85. The summed E-state index contributed by atoms with van der Waals surface area (Å²) in [6.45, 7) is 1.68. The topological polar surface area (TPSA) is 127 Å². The molecule has 1 aromatic carbocycles. The van der Waals surface area contributed by atoms with Crippen LogP contribution in [0, 0.1) is 6.92 Å². The van der Waals surface area contributed by atoms with Crippen LogP contribution in [0.1, 0.15) is 18.4 Å². The largest absolute Gasteiger partial charge is 0.481 e. The number of hydrogen-bond acceptors (Lipinski definition) is 4. The fourth-order valence-electron chi connectivity index (χ4n) is 1.35. The molecule has 0 unspecified atom stereocenters. The molecule has 0 aliphatic heterocycles. The van der Waals surface area contributed by atoms with Gasteiger partial charge in [-0.1, -0.05) is 6.07 Å². The number of primary sulfonamides is 1. The number of aliphatic carboxylic acids is 1. The van der Waals surface area contributed by atoms with Crippen LogP contribution in [-0.4, -0.2) is 25.4 Å². The van der Waals surface area contributed by atoms with Gasteiger partial charge in [0.2, 0.25) is 15.9 Å². The fraction of sp³-hybridized carbons (Fsp3) is 0.273. The number of anilines is 1. The van der Waals surface area contributed by atoms with Crippen molar-refractivity contribution >= 4 is 27.6 Å². The third kappa shape index (κ3) is 4.68. The van der Waals surface area contributed by atoms with Crippen molar-refractivity contribution in [1.82, 2.24) is 0 Å². The third-order valence-electron chi connectivity index (χ3n) is 2.38. The average molecular weight is 286 g/mol. The number of carboxylic acids is 1. The Hall–Kier alpha value is -1.93. The molecule has 1 amide bonds. The summed E-state index contributed by atoms with van der Waals surface area (Å²) >= 11 is 0. The second-order valence-corrected chi connectivity index (χ2v) is 5.53. The molecule has 0 bridgehead atoms. The first-order valence-corrected chi connectivity index (χ1v) is 6.90. The van der Waals surface area contributed by atoms with E-state index in [2.05, 4.69) is 5.32 Å². The highest BCUT2D eigenvalue weighted by atomic mass is 32.2. The molecule has 1 aromatic rings. The molecule has 0 radical (unpaired) electrons. The number of nitrogens with one attached hydrogen (secondary N) is 1. The molecule has 0 aromatic heterocycles. The summed E-state index contributed by atoms with van der Waals surface area (Å²) in [5.41, 5.74) is 0.943. The van der Waals surface area contributed by atoms with Gasteiger partial charge in [-0.2, -0.15) is 0 Å². The Bertz CT molecular complexity index is 610. The molecule has 0 spiro atoms. The predicted octanol–water partition coefficient (Wildman–Crippen LogP) is 0.446. The molecule has 1 rings (SSSR count). The summed E-state index contributed by atoms with van der Waals surface area (Å²) in [5.74, 6) is -1.58. The maximum atomic E-state index is 11.5.